The average molecular weight is 490 g/mol. The fraction of sp³-hybridized carbons (Fsp3) is 0.448. The molecular weight excluding hydrogens is 454 g/mol. The van der Waals surface area contributed by atoms with Crippen molar-refractivity contribution in [3.63, 3.8) is 0 Å². The van der Waals surface area contributed by atoms with E-state index in [1.807, 2.05) is 37.4 Å². The number of aliphatic hydroxyl groups excluding tert-OH is 1. The van der Waals surface area contributed by atoms with Gasteiger partial charge in [0.25, 0.3) is 5.91 Å². The standard InChI is InChI=1S/C29H35N3O4/c1-19-27(32-29(34)21-4-11-25(12-5-21)36-18-26-3-2-14-35-26)13-6-22-15-20(17-31-28(19)22)16-30-23-7-9-24(33)10-8-23/h4-6,11-13,15,17,23-24,26,30,33H,2-3,7-10,14,16,18H2,1H3,(H,32,34)/t23-,24-,26-/m1/s1. The Bertz CT molecular complexity index is 1180. The zero-order valence-electron chi connectivity index (χ0n) is 20.8. The van der Waals surface area contributed by atoms with E-state index in [-0.39, 0.29) is 18.1 Å². The highest BCUT2D eigenvalue weighted by Gasteiger charge is 2.19. The first-order chi connectivity index (χ1) is 17.5. The summed E-state index contributed by atoms with van der Waals surface area (Å²) in [5.41, 5.74) is 4.29. The van der Waals surface area contributed by atoms with Crippen molar-refractivity contribution in [1.29, 1.82) is 0 Å². The van der Waals surface area contributed by atoms with E-state index in [0.29, 0.717) is 18.2 Å². The van der Waals surface area contributed by atoms with Crippen molar-refractivity contribution in [2.24, 2.45) is 0 Å². The SMILES string of the molecule is Cc1c(NC(=O)c2ccc(OC[C@H]3CCCO3)cc2)ccc2cc(CN[C@H]3CC[C@H](O)CC3)cnc12. The molecule has 1 aromatic heterocycles. The van der Waals surface area contributed by atoms with Crippen LogP contribution in [0, 0.1) is 6.92 Å². The summed E-state index contributed by atoms with van der Waals surface area (Å²) < 4.78 is 11.4. The number of nitrogens with one attached hydrogen (secondary N) is 2. The van der Waals surface area contributed by atoms with Gasteiger partial charge in [0, 0.05) is 42.0 Å². The first-order valence-electron chi connectivity index (χ1n) is 13.0. The van der Waals surface area contributed by atoms with Crippen LogP contribution in [0.1, 0.15) is 60.0 Å². The Morgan fingerprint density at radius 1 is 1.11 bits per heavy atom. The van der Waals surface area contributed by atoms with E-state index in [1.165, 1.54) is 0 Å². The van der Waals surface area contributed by atoms with Gasteiger partial charge in [-0.05, 0) is 93.0 Å². The Morgan fingerprint density at radius 3 is 2.67 bits per heavy atom. The predicted molar refractivity (Wildman–Crippen MR) is 140 cm³/mol. The summed E-state index contributed by atoms with van der Waals surface area (Å²) in [5, 5.41) is 17.4. The van der Waals surface area contributed by atoms with Crippen molar-refractivity contribution in [3.8, 4) is 5.75 Å². The van der Waals surface area contributed by atoms with Crippen LogP contribution in [0.4, 0.5) is 5.69 Å². The van der Waals surface area contributed by atoms with Crippen molar-refractivity contribution in [3.05, 3.63) is 65.4 Å². The second-order valence-corrected chi connectivity index (χ2v) is 9.96. The van der Waals surface area contributed by atoms with Gasteiger partial charge in [0.05, 0.1) is 17.7 Å². The highest BCUT2D eigenvalue weighted by molar-refractivity contribution is 6.06. The molecule has 3 N–H and O–H groups in total. The molecule has 1 atom stereocenters. The molecule has 2 aromatic carbocycles. The third-order valence-corrected chi connectivity index (χ3v) is 7.28. The monoisotopic (exact) mass is 489 g/mol. The molecule has 1 saturated heterocycles. The third-order valence-electron chi connectivity index (χ3n) is 7.28. The van der Waals surface area contributed by atoms with Crippen LogP contribution in [-0.4, -0.2) is 47.5 Å². The maximum absolute atomic E-state index is 12.9. The summed E-state index contributed by atoms with van der Waals surface area (Å²) in [4.78, 5) is 17.6. The maximum Gasteiger partial charge on any atom is 0.255 e. The van der Waals surface area contributed by atoms with E-state index in [2.05, 4.69) is 16.7 Å². The van der Waals surface area contributed by atoms with Crippen molar-refractivity contribution >= 4 is 22.5 Å². The van der Waals surface area contributed by atoms with Gasteiger partial charge in [0.1, 0.15) is 12.4 Å². The first kappa shape index (κ1) is 24.7. The summed E-state index contributed by atoms with van der Waals surface area (Å²) in [6.07, 6.45) is 7.80. The van der Waals surface area contributed by atoms with Gasteiger partial charge in [-0.1, -0.05) is 6.07 Å². The second kappa shape index (κ2) is 11.4. The second-order valence-electron chi connectivity index (χ2n) is 9.96. The summed E-state index contributed by atoms with van der Waals surface area (Å²) in [7, 11) is 0. The lowest BCUT2D eigenvalue weighted by Gasteiger charge is -2.26. The minimum atomic E-state index is -0.165. The summed E-state index contributed by atoms with van der Waals surface area (Å²) >= 11 is 0. The number of aromatic nitrogens is 1. The molecule has 7 heteroatoms. The van der Waals surface area contributed by atoms with Crippen LogP contribution in [0.2, 0.25) is 0 Å². The largest absolute Gasteiger partial charge is 0.491 e. The number of rotatable bonds is 8. The fourth-order valence-corrected chi connectivity index (χ4v) is 5.03. The molecule has 7 nitrogen and oxygen atoms in total. The molecule has 1 amide bonds. The minimum Gasteiger partial charge on any atom is -0.491 e. The Kier molecular flexibility index (Phi) is 7.80. The molecule has 1 aliphatic heterocycles. The van der Waals surface area contributed by atoms with Crippen LogP contribution in [-0.2, 0) is 11.3 Å². The normalized spacial score (nSPS) is 22.0. The van der Waals surface area contributed by atoms with Crippen LogP contribution in [0.15, 0.2) is 48.7 Å². The number of carbonyl (C=O) groups is 1. The van der Waals surface area contributed by atoms with E-state index in [0.717, 1.165) is 85.1 Å². The number of anilines is 1. The Balaban J connectivity index is 1.19. The van der Waals surface area contributed by atoms with E-state index in [4.69, 9.17) is 14.5 Å². The van der Waals surface area contributed by atoms with Crippen LogP contribution < -0.4 is 15.4 Å². The van der Waals surface area contributed by atoms with Crippen molar-refractivity contribution in [1.82, 2.24) is 10.3 Å². The van der Waals surface area contributed by atoms with E-state index < -0.39 is 0 Å². The lowest BCUT2D eigenvalue weighted by molar-refractivity contribution is 0.0679. The molecule has 1 aliphatic carbocycles. The van der Waals surface area contributed by atoms with Gasteiger partial charge in [-0.2, -0.15) is 0 Å². The molecule has 2 fully saturated rings. The molecule has 2 heterocycles. The quantitative estimate of drug-likeness (QED) is 0.423. The molecular formula is C29H35N3O4. The smallest absolute Gasteiger partial charge is 0.255 e. The van der Waals surface area contributed by atoms with Gasteiger partial charge >= 0.3 is 0 Å². The number of aryl methyl sites for hydroxylation is 1. The van der Waals surface area contributed by atoms with Crippen LogP contribution in [0.25, 0.3) is 10.9 Å². The predicted octanol–water partition coefficient (Wildman–Crippen LogP) is 4.75. The number of hydrogen-bond donors (Lipinski definition) is 3. The molecule has 36 heavy (non-hydrogen) atoms. The highest BCUT2D eigenvalue weighted by Crippen LogP contribution is 2.26. The van der Waals surface area contributed by atoms with Gasteiger partial charge < -0.3 is 25.2 Å². The Hall–Kier alpha value is -3.00. The molecule has 0 spiro atoms. The van der Waals surface area contributed by atoms with Gasteiger partial charge in [0.15, 0.2) is 0 Å². The van der Waals surface area contributed by atoms with Gasteiger partial charge in [-0.25, -0.2) is 0 Å². The number of aliphatic hydroxyl groups is 1. The highest BCUT2D eigenvalue weighted by atomic mass is 16.5. The number of carbonyl (C=O) groups excluding carboxylic acids is 1. The minimum absolute atomic E-state index is 0.141. The molecule has 3 aromatic rings. The number of ether oxygens (including phenoxy) is 2. The number of hydrogen-bond acceptors (Lipinski definition) is 6. The zero-order chi connectivity index (χ0) is 24.9. The summed E-state index contributed by atoms with van der Waals surface area (Å²) in [5.74, 6) is 0.570. The molecule has 0 unspecified atom stereocenters. The molecule has 0 bridgehead atoms. The lowest BCUT2D eigenvalue weighted by atomic mass is 9.93. The van der Waals surface area contributed by atoms with Crippen molar-refractivity contribution in [2.75, 3.05) is 18.5 Å². The number of amides is 1. The summed E-state index contributed by atoms with van der Waals surface area (Å²) in [6.45, 7) is 4.09. The Labute approximate surface area is 212 Å². The van der Waals surface area contributed by atoms with Crippen molar-refractivity contribution in [2.45, 2.75) is 70.2 Å². The van der Waals surface area contributed by atoms with Crippen LogP contribution in [0.3, 0.4) is 0 Å². The molecule has 5 rings (SSSR count). The van der Waals surface area contributed by atoms with Gasteiger partial charge in [-0.15, -0.1) is 0 Å². The number of benzene rings is 2. The molecule has 2 aliphatic rings. The lowest BCUT2D eigenvalue weighted by Crippen LogP contribution is -2.34. The van der Waals surface area contributed by atoms with E-state index in [1.54, 1.807) is 12.1 Å². The fourth-order valence-electron chi connectivity index (χ4n) is 5.03. The molecule has 1 saturated carbocycles. The topological polar surface area (TPSA) is 92.7 Å². The number of pyridine rings is 1. The first-order valence-corrected chi connectivity index (χ1v) is 13.0. The molecule has 0 radical (unpaired) electrons. The van der Waals surface area contributed by atoms with Crippen molar-refractivity contribution < 1.29 is 19.4 Å². The number of fused-ring (bicyclic) bond motifs is 1. The number of nitrogens with zero attached hydrogens (tertiary/aromatic N) is 1. The van der Waals surface area contributed by atoms with E-state index in [9.17, 15) is 9.90 Å². The molecule has 190 valence electrons. The third kappa shape index (κ3) is 6.03. The van der Waals surface area contributed by atoms with Crippen LogP contribution >= 0.6 is 0 Å². The van der Waals surface area contributed by atoms with Gasteiger partial charge in [0.2, 0.25) is 0 Å². The zero-order valence-corrected chi connectivity index (χ0v) is 20.8. The average Bonchev–Trinajstić information content (AvgIpc) is 3.43. The van der Waals surface area contributed by atoms with Gasteiger partial charge in [-0.3, -0.25) is 9.78 Å². The summed E-state index contributed by atoms with van der Waals surface area (Å²) in [6, 6.07) is 13.8. The van der Waals surface area contributed by atoms with Crippen LogP contribution in [0.5, 0.6) is 5.75 Å². The maximum atomic E-state index is 12.9. The van der Waals surface area contributed by atoms with E-state index >= 15 is 0 Å². The Morgan fingerprint density at radius 2 is 1.92 bits per heavy atom.